The molecular formula is C15H23OP. The summed E-state index contributed by atoms with van der Waals surface area (Å²) in [7, 11) is 1.14. The lowest BCUT2D eigenvalue weighted by molar-refractivity contribution is 0.254. The van der Waals surface area contributed by atoms with Gasteiger partial charge in [0.15, 0.2) is 5.94 Å². The molecule has 0 atom stereocenters. The molecule has 0 bridgehead atoms. The van der Waals surface area contributed by atoms with E-state index in [0.29, 0.717) is 5.66 Å². The first-order valence-corrected chi connectivity index (χ1v) is 8.20. The van der Waals surface area contributed by atoms with Crippen LogP contribution in [0.5, 0.6) is 0 Å². The van der Waals surface area contributed by atoms with E-state index >= 15 is 0 Å². The molecule has 0 aromatic carbocycles. The van der Waals surface area contributed by atoms with Crippen LogP contribution in [-0.4, -0.2) is 17.1 Å². The SMILES string of the molecule is O=C=C=PC(C1CCCCC1)C1CCCCC1. The van der Waals surface area contributed by atoms with E-state index in [9.17, 15) is 4.79 Å². The van der Waals surface area contributed by atoms with Crippen molar-refractivity contribution in [1.29, 1.82) is 0 Å². The van der Waals surface area contributed by atoms with Crippen LogP contribution in [0.15, 0.2) is 0 Å². The zero-order valence-corrected chi connectivity index (χ0v) is 11.6. The number of hydrogen-bond acceptors (Lipinski definition) is 1. The Morgan fingerprint density at radius 2 is 1.29 bits per heavy atom. The van der Waals surface area contributed by atoms with Gasteiger partial charge in [0.25, 0.3) is 0 Å². The van der Waals surface area contributed by atoms with Gasteiger partial charge in [-0.05, 0) is 45.7 Å². The quantitative estimate of drug-likeness (QED) is 0.540. The molecular weight excluding hydrogens is 227 g/mol. The number of rotatable bonds is 3. The van der Waals surface area contributed by atoms with Gasteiger partial charge in [0.2, 0.25) is 0 Å². The van der Waals surface area contributed by atoms with Gasteiger partial charge in [0, 0.05) is 11.1 Å². The van der Waals surface area contributed by atoms with Gasteiger partial charge in [0.05, 0.1) is 0 Å². The van der Waals surface area contributed by atoms with Crippen LogP contribution in [-0.2, 0) is 4.79 Å². The Morgan fingerprint density at radius 3 is 1.71 bits per heavy atom. The minimum absolute atomic E-state index is 0.706. The van der Waals surface area contributed by atoms with Crippen molar-refractivity contribution >= 4 is 19.6 Å². The molecule has 0 saturated heterocycles. The summed E-state index contributed by atoms with van der Waals surface area (Å²) in [4.78, 5) is 10.4. The molecule has 0 heterocycles. The molecule has 2 heteroatoms. The van der Waals surface area contributed by atoms with E-state index in [1.54, 1.807) is 0 Å². The van der Waals surface area contributed by atoms with Crippen molar-refractivity contribution in [3.05, 3.63) is 0 Å². The highest BCUT2D eigenvalue weighted by molar-refractivity contribution is 7.39. The molecule has 0 unspecified atom stereocenters. The summed E-state index contributed by atoms with van der Waals surface area (Å²) in [5.41, 5.74) is 3.52. The van der Waals surface area contributed by atoms with Crippen molar-refractivity contribution in [1.82, 2.24) is 0 Å². The largest absolute Gasteiger partial charge is 0.224 e. The van der Waals surface area contributed by atoms with E-state index in [1.165, 1.54) is 64.2 Å². The molecule has 0 aromatic heterocycles. The fraction of sp³-hybridized carbons (Fsp3) is 0.867. The summed E-state index contributed by atoms with van der Waals surface area (Å²) in [6.45, 7) is 0. The Bertz CT molecular complexity index is 283. The predicted molar refractivity (Wildman–Crippen MR) is 74.6 cm³/mol. The summed E-state index contributed by atoms with van der Waals surface area (Å²) in [5, 5.41) is 0. The molecule has 1 nitrogen and oxygen atoms in total. The van der Waals surface area contributed by atoms with Crippen LogP contribution in [0.1, 0.15) is 64.2 Å². The summed E-state index contributed by atoms with van der Waals surface area (Å²) < 4.78 is 0. The molecule has 2 rings (SSSR count). The van der Waals surface area contributed by atoms with Crippen LogP contribution in [0, 0.1) is 11.8 Å². The van der Waals surface area contributed by atoms with Crippen LogP contribution in [0.2, 0.25) is 0 Å². The van der Waals surface area contributed by atoms with Gasteiger partial charge in [-0.1, -0.05) is 38.5 Å². The number of hydrogen-bond donors (Lipinski definition) is 0. The van der Waals surface area contributed by atoms with Gasteiger partial charge in [-0.25, -0.2) is 4.79 Å². The summed E-state index contributed by atoms with van der Waals surface area (Å²) in [6.07, 6.45) is 14.0. The Balaban J connectivity index is 2.05. The van der Waals surface area contributed by atoms with Crippen molar-refractivity contribution in [2.24, 2.45) is 11.8 Å². The van der Waals surface area contributed by atoms with E-state index in [0.717, 1.165) is 20.0 Å². The molecule has 0 spiro atoms. The smallest absolute Gasteiger partial charge is 0.181 e. The fourth-order valence-corrected chi connectivity index (χ4v) is 4.87. The minimum Gasteiger partial charge on any atom is -0.224 e. The molecule has 0 N–H and O–H groups in total. The monoisotopic (exact) mass is 250 g/mol. The van der Waals surface area contributed by atoms with Crippen LogP contribution in [0.4, 0.5) is 0 Å². The average Bonchev–Trinajstić information content (AvgIpc) is 2.42. The molecule has 0 radical (unpaired) electrons. The highest BCUT2D eigenvalue weighted by Gasteiger charge is 2.30. The Labute approximate surface area is 106 Å². The molecule has 2 fully saturated rings. The van der Waals surface area contributed by atoms with Gasteiger partial charge in [0.1, 0.15) is 0 Å². The standard InChI is InChI=1S/C15H23OP/c16-11-12-17-15(13-7-3-1-4-8-13)14-9-5-2-6-10-14/h13-15H,1-10H2. The van der Waals surface area contributed by atoms with Crippen LogP contribution in [0.25, 0.3) is 0 Å². The zero-order valence-electron chi connectivity index (χ0n) is 10.7. The maximum absolute atomic E-state index is 10.4. The third-order valence-electron chi connectivity index (χ3n) is 4.52. The highest BCUT2D eigenvalue weighted by Crippen LogP contribution is 2.41. The first kappa shape index (κ1) is 13.1. The van der Waals surface area contributed by atoms with E-state index in [-0.39, 0.29) is 0 Å². The topological polar surface area (TPSA) is 17.1 Å². The van der Waals surface area contributed by atoms with E-state index in [1.807, 2.05) is 5.94 Å². The Kier molecular flexibility index (Phi) is 5.53. The van der Waals surface area contributed by atoms with E-state index in [2.05, 4.69) is 5.45 Å². The third-order valence-corrected chi connectivity index (χ3v) is 5.89. The number of carbonyl (C=O) groups excluding carboxylic acids is 1. The lowest BCUT2D eigenvalue weighted by atomic mass is 9.77. The fourth-order valence-electron chi connectivity index (χ4n) is 3.65. The van der Waals surface area contributed by atoms with Crippen molar-refractivity contribution in [2.45, 2.75) is 69.9 Å². The zero-order chi connectivity index (χ0) is 11.9. The van der Waals surface area contributed by atoms with Gasteiger partial charge >= 0.3 is 0 Å². The van der Waals surface area contributed by atoms with Gasteiger partial charge in [-0.2, -0.15) is 0 Å². The van der Waals surface area contributed by atoms with Gasteiger partial charge in [-0.15, -0.1) is 0 Å². The second-order valence-electron chi connectivity index (χ2n) is 5.63. The average molecular weight is 250 g/mol. The molecule has 0 amide bonds. The summed E-state index contributed by atoms with van der Waals surface area (Å²) in [6, 6.07) is 0. The molecule has 17 heavy (non-hydrogen) atoms. The predicted octanol–water partition coefficient (Wildman–Crippen LogP) is 4.25. The first-order chi connectivity index (χ1) is 8.42. The van der Waals surface area contributed by atoms with Crippen molar-refractivity contribution < 1.29 is 4.79 Å². The molecule has 2 aliphatic carbocycles. The van der Waals surface area contributed by atoms with Crippen molar-refractivity contribution in [3.63, 3.8) is 0 Å². The van der Waals surface area contributed by atoms with Crippen molar-refractivity contribution in [2.75, 3.05) is 0 Å². The van der Waals surface area contributed by atoms with Gasteiger partial charge in [-0.3, -0.25) is 0 Å². The van der Waals surface area contributed by atoms with E-state index < -0.39 is 0 Å². The Morgan fingerprint density at radius 1 is 0.824 bits per heavy atom. The summed E-state index contributed by atoms with van der Waals surface area (Å²) in [5.74, 6) is 3.58. The molecule has 2 saturated carbocycles. The van der Waals surface area contributed by atoms with Gasteiger partial charge < -0.3 is 0 Å². The normalized spacial score (nSPS) is 23.6. The second kappa shape index (κ2) is 7.17. The summed E-state index contributed by atoms with van der Waals surface area (Å²) >= 11 is 0. The molecule has 0 aromatic rings. The second-order valence-corrected chi connectivity index (χ2v) is 6.71. The highest BCUT2D eigenvalue weighted by atomic mass is 31.1. The molecule has 2 aliphatic rings. The van der Waals surface area contributed by atoms with Crippen LogP contribution >= 0.6 is 8.20 Å². The molecule has 94 valence electrons. The maximum atomic E-state index is 10.4. The minimum atomic E-state index is 0.706. The maximum Gasteiger partial charge on any atom is 0.181 e. The lowest BCUT2D eigenvalue weighted by Crippen LogP contribution is -2.28. The Hall–Kier alpha value is -0.340. The van der Waals surface area contributed by atoms with Crippen molar-refractivity contribution in [3.8, 4) is 0 Å². The van der Waals surface area contributed by atoms with Crippen LogP contribution < -0.4 is 0 Å². The lowest BCUT2D eigenvalue weighted by Gasteiger charge is -2.35. The van der Waals surface area contributed by atoms with E-state index in [4.69, 9.17) is 0 Å². The molecule has 0 aliphatic heterocycles. The third kappa shape index (κ3) is 3.82. The van der Waals surface area contributed by atoms with Crippen LogP contribution in [0.3, 0.4) is 0 Å². The first-order valence-electron chi connectivity index (χ1n) is 7.24.